The van der Waals surface area contributed by atoms with Crippen molar-refractivity contribution in [2.75, 3.05) is 32.1 Å². The van der Waals surface area contributed by atoms with E-state index in [1.54, 1.807) is 9.30 Å². The predicted octanol–water partition coefficient (Wildman–Crippen LogP) is 4.13. The van der Waals surface area contributed by atoms with Gasteiger partial charge < -0.3 is 24.1 Å². The molecule has 190 valence electrons. The highest BCUT2D eigenvalue weighted by Gasteiger charge is 2.29. The molecule has 2 aliphatic rings. The van der Waals surface area contributed by atoms with E-state index in [2.05, 4.69) is 10.3 Å². The summed E-state index contributed by atoms with van der Waals surface area (Å²) < 4.78 is 43.4. The Bertz CT molecular complexity index is 1300. The van der Waals surface area contributed by atoms with Crippen LogP contribution in [0.1, 0.15) is 30.5 Å². The summed E-state index contributed by atoms with van der Waals surface area (Å²) in [5, 5.41) is 3.07. The molecule has 1 aromatic carbocycles. The Morgan fingerprint density at radius 3 is 2.75 bits per heavy atom. The molecule has 1 amide bonds. The van der Waals surface area contributed by atoms with Gasteiger partial charge in [0, 0.05) is 43.7 Å². The fourth-order valence-corrected chi connectivity index (χ4v) is 5.00. The number of nitrogens with one attached hydrogen (secondary N) is 1. The maximum atomic E-state index is 15.4. The molecule has 0 spiro atoms. The Balaban J connectivity index is 1.50. The number of Topliss-reactive ketones (excluding diaryl/α,β-unsaturated/α-hetero) is 1. The molecule has 1 saturated carbocycles. The second-order valence-electron chi connectivity index (χ2n) is 9.39. The fourth-order valence-electron chi connectivity index (χ4n) is 5.00. The van der Waals surface area contributed by atoms with Crippen LogP contribution >= 0.6 is 0 Å². The van der Waals surface area contributed by atoms with E-state index in [1.807, 2.05) is 25.3 Å². The van der Waals surface area contributed by atoms with E-state index in [0.29, 0.717) is 56.0 Å². The van der Waals surface area contributed by atoms with Crippen LogP contribution in [-0.2, 0) is 20.7 Å². The van der Waals surface area contributed by atoms with E-state index in [4.69, 9.17) is 9.47 Å². The number of rotatable bonds is 5. The lowest BCUT2D eigenvalue weighted by atomic mass is 10.0. The summed E-state index contributed by atoms with van der Waals surface area (Å²) in [7, 11) is 1.33. The van der Waals surface area contributed by atoms with Gasteiger partial charge in [0.2, 0.25) is 0 Å². The normalized spacial score (nSPS) is 20.2. The molecule has 1 N–H and O–H groups in total. The second kappa shape index (κ2) is 9.85. The number of imidazole rings is 1. The lowest BCUT2D eigenvalue weighted by Crippen LogP contribution is -2.46. The first-order chi connectivity index (χ1) is 17.3. The summed E-state index contributed by atoms with van der Waals surface area (Å²) in [5.74, 6) is -1.35. The number of benzene rings is 1. The van der Waals surface area contributed by atoms with E-state index in [-0.39, 0.29) is 29.5 Å². The first-order valence-electron chi connectivity index (χ1n) is 12.0. The summed E-state index contributed by atoms with van der Waals surface area (Å²) >= 11 is 0. The number of ether oxygens (including phenoxy) is 2. The predicted molar refractivity (Wildman–Crippen MR) is 129 cm³/mol. The Kier molecular flexibility index (Phi) is 6.61. The van der Waals surface area contributed by atoms with Crippen molar-refractivity contribution in [1.82, 2.24) is 14.3 Å². The largest absolute Gasteiger partial charge is 0.453 e. The Labute approximate surface area is 207 Å². The van der Waals surface area contributed by atoms with Crippen molar-refractivity contribution >= 4 is 23.2 Å². The van der Waals surface area contributed by atoms with Gasteiger partial charge in [-0.3, -0.25) is 4.79 Å². The first kappa shape index (κ1) is 24.2. The number of nitrogens with zero attached hydrogens (tertiary/aromatic N) is 3. The molecule has 3 aromatic rings. The minimum Gasteiger partial charge on any atom is -0.453 e. The highest BCUT2D eigenvalue weighted by molar-refractivity contribution is 5.82. The number of ketones is 1. The molecule has 10 heteroatoms. The number of morpholine rings is 1. The van der Waals surface area contributed by atoms with E-state index >= 15 is 8.78 Å². The van der Waals surface area contributed by atoms with E-state index in [9.17, 15) is 9.59 Å². The zero-order valence-corrected chi connectivity index (χ0v) is 20.2. The van der Waals surface area contributed by atoms with Crippen molar-refractivity contribution in [3.8, 4) is 11.3 Å². The Morgan fingerprint density at radius 1 is 1.28 bits per heavy atom. The first-order valence-corrected chi connectivity index (χ1v) is 12.0. The highest BCUT2D eigenvalue weighted by atomic mass is 19.1. The number of anilines is 1. The lowest BCUT2D eigenvalue weighted by Gasteiger charge is -2.32. The molecule has 2 aromatic heterocycles. The molecular weight excluding hydrogens is 470 g/mol. The molecule has 2 atom stereocenters. The maximum Gasteiger partial charge on any atom is 0.409 e. The third-order valence-corrected chi connectivity index (χ3v) is 6.77. The smallest absolute Gasteiger partial charge is 0.409 e. The summed E-state index contributed by atoms with van der Waals surface area (Å²) in [6, 6.07) is 6.11. The minimum absolute atomic E-state index is 0.128. The number of fused-ring (bicyclic) bond motifs is 1. The van der Waals surface area contributed by atoms with Crippen LogP contribution in [0.5, 0.6) is 0 Å². The van der Waals surface area contributed by atoms with E-state index < -0.39 is 23.8 Å². The minimum atomic E-state index is -0.746. The number of hydrogen-bond donors (Lipinski definition) is 1. The van der Waals surface area contributed by atoms with Gasteiger partial charge in [0.15, 0.2) is 0 Å². The maximum absolute atomic E-state index is 15.4. The number of aryl methyl sites for hydroxylation is 1. The highest BCUT2D eigenvalue weighted by Crippen LogP contribution is 2.33. The number of pyridine rings is 1. The van der Waals surface area contributed by atoms with Crippen LogP contribution in [0.2, 0.25) is 0 Å². The van der Waals surface area contributed by atoms with Gasteiger partial charge in [-0.25, -0.2) is 18.6 Å². The quantitative estimate of drug-likeness (QED) is 0.570. The van der Waals surface area contributed by atoms with Crippen molar-refractivity contribution in [2.45, 2.75) is 44.8 Å². The Morgan fingerprint density at radius 2 is 2.06 bits per heavy atom. The number of amides is 1. The molecule has 1 saturated heterocycles. The molecule has 1 aliphatic carbocycles. The van der Waals surface area contributed by atoms with Gasteiger partial charge >= 0.3 is 6.09 Å². The van der Waals surface area contributed by atoms with Crippen LogP contribution in [0, 0.1) is 18.6 Å². The van der Waals surface area contributed by atoms with Crippen LogP contribution in [0.4, 0.5) is 19.3 Å². The summed E-state index contributed by atoms with van der Waals surface area (Å²) in [6.45, 7) is 2.95. The molecule has 0 radical (unpaired) electrons. The number of aromatic nitrogens is 2. The number of carbonyl (C=O) groups excluding carboxylic acids is 2. The molecular formula is C26H28F2N4O4. The van der Waals surface area contributed by atoms with E-state index in [1.165, 1.54) is 19.2 Å². The molecule has 36 heavy (non-hydrogen) atoms. The number of methoxy groups -OCH3 is 1. The van der Waals surface area contributed by atoms with Gasteiger partial charge in [0.1, 0.15) is 23.1 Å². The fraction of sp³-hybridized carbons (Fsp3) is 0.423. The average molecular weight is 499 g/mol. The van der Waals surface area contributed by atoms with Gasteiger partial charge in [-0.2, -0.15) is 0 Å². The Hall–Kier alpha value is -3.53. The standard InChI is InChI=1S/C26H28F2N4O4/c1-15-5-6-32-22(13-19-14-31(7-8-36-19)26(34)35-2)25(30-23(32)9-15)24-20(27)11-17(12-21(24)28)29-16-3-4-18(33)10-16/h5-6,9,11-12,16,19,29H,3-4,7-8,10,13-14H2,1-2H3/t16?,19-/m0/s1. The van der Waals surface area contributed by atoms with E-state index in [0.717, 1.165) is 5.56 Å². The topological polar surface area (TPSA) is 85.2 Å². The molecule has 2 fully saturated rings. The zero-order chi connectivity index (χ0) is 25.4. The monoisotopic (exact) mass is 498 g/mol. The molecule has 1 unspecified atom stereocenters. The van der Waals surface area contributed by atoms with Crippen LogP contribution in [0.25, 0.3) is 16.9 Å². The van der Waals surface area contributed by atoms with Crippen LogP contribution < -0.4 is 5.32 Å². The molecule has 3 heterocycles. The third kappa shape index (κ3) is 4.77. The van der Waals surface area contributed by atoms with Gasteiger partial charge in [0.25, 0.3) is 0 Å². The molecule has 1 aliphatic heterocycles. The number of hydrogen-bond acceptors (Lipinski definition) is 6. The van der Waals surface area contributed by atoms with Crippen molar-refractivity contribution in [1.29, 1.82) is 0 Å². The van der Waals surface area contributed by atoms with Gasteiger partial charge in [-0.1, -0.05) is 0 Å². The van der Waals surface area contributed by atoms with Crippen molar-refractivity contribution in [3.05, 3.63) is 53.4 Å². The van der Waals surface area contributed by atoms with Crippen molar-refractivity contribution < 1.29 is 27.8 Å². The van der Waals surface area contributed by atoms with Crippen LogP contribution in [0.3, 0.4) is 0 Å². The van der Waals surface area contributed by atoms with Crippen LogP contribution in [0.15, 0.2) is 30.5 Å². The summed E-state index contributed by atoms with van der Waals surface area (Å²) in [5.41, 5.74) is 2.37. The average Bonchev–Trinajstić information content (AvgIpc) is 3.40. The molecule has 8 nitrogen and oxygen atoms in total. The lowest BCUT2D eigenvalue weighted by molar-refractivity contribution is -0.117. The van der Waals surface area contributed by atoms with Crippen molar-refractivity contribution in [3.63, 3.8) is 0 Å². The second-order valence-corrected chi connectivity index (χ2v) is 9.39. The SMILES string of the molecule is COC(=O)N1CCO[C@@H](Cc2c(-c3c(F)cc(NC4CCC(=O)C4)cc3F)nc3cc(C)ccn23)C1. The third-order valence-electron chi connectivity index (χ3n) is 6.77. The van der Waals surface area contributed by atoms with Gasteiger partial charge in [0.05, 0.1) is 43.3 Å². The van der Waals surface area contributed by atoms with Gasteiger partial charge in [-0.05, 0) is 43.2 Å². The molecule has 0 bridgehead atoms. The van der Waals surface area contributed by atoms with Gasteiger partial charge in [-0.15, -0.1) is 0 Å². The van der Waals surface area contributed by atoms with Crippen LogP contribution in [-0.4, -0.2) is 65.1 Å². The number of halogens is 2. The molecule has 5 rings (SSSR count). The number of carbonyl (C=O) groups is 2. The van der Waals surface area contributed by atoms with Crippen molar-refractivity contribution in [2.24, 2.45) is 0 Å². The zero-order valence-electron chi connectivity index (χ0n) is 20.2. The summed E-state index contributed by atoms with van der Waals surface area (Å²) in [6.07, 6.45) is 2.73. The summed E-state index contributed by atoms with van der Waals surface area (Å²) in [4.78, 5) is 29.7.